The number of ether oxygens (including phenoxy) is 1. The summed E-state index contributed by atoms with van der Waals surface area (Å²) >= 11 is 0. The Labute approximate surface area is 105 Å². The average Bonchev–Trinajstić information content (AvgIpc) is 3.13. The van der Waals surface area contributed by atoms with Gasteiger partial charge in [-0.15, -0.1) is 0 Å². The van der Waals surface area contributed by atoms with Crippen molar-refractivity contribution in [3.05, 3.63) is 29.8 Å². The third kappa shape index (κ3) is 3.23. The first-order valence-corrected chi connectivity index (χ1v) is 5.93. The topological polar surface area (TPSA) is 81.4 Å². The zero-order valence-electron chi connectivity index (χ0n) is 10.2. The summed E-state index contributed by atoms with van der Waals surface area (Å²) in [6, 6.07) is 6.64. The van der Waals surface area contributed by atoms with Crippen LogP contribution in [0.25, 0.3) is 0 Å². The van der Waals surface area contributed by atoms with Gasteiger partial charge in [-0.3, -0.25) is 4.79 Å². The van der Waals surface area contributed by atoms with Crippen LogP contribution in [0.5, 0.6) is 0 Å². The van der Waals surface area contributed by atoms with E-state index < -0.39 is 12.1 Å². The number of esters is 1. The van der Waals surface area contributed by atoms with Crippen molar-refractivity contribution in [1.29, 1.82) is 0 Å². The highest BCUT2D eigenvalue weighted by Crippen LogP contribution is 2.19. The Balaban J connectivity index is 1.89. The summed E-state index contributed by atoms with van der Waals surface area (Å²) in [5.41, 5.74) is 6.48. The van der Waals surface area contributed by atoms with E-state index in [1.165, 1.54) is 0 Å². The number of anilines is 1. The Morgan fingerprint density at radius 2 is 1.94 bits per heavy atom. The van der Waals surface area contributed by atoms with Gasteiger partial charge in [0.05, 0.1) is 5.56 Å². The minimum atomic E-state index is -0.782. The van der Waals surface area contributed by atoms with Crippen LogP contribution in [0.2, 0.25) is 0 Å². The molecule has 5 heteroatoms. The molecule has 1 amide bonds. The summed E-state index contributed by atoms with van der Waals surface area (Å²) < 4.78 is 5.07. The number of rotatable bonds is 4. The monoisotopic (exact) mass is 248 g/mol. The van der Waals surface area contributed by atoms with Gasteiger partial charge in [0.15, 0.2) is 6.10 Å². The smallest absolute Gasteiger partial charge is 0.338 e. The molecule has 1 fully saturated rings. The summed E-state index contributed by atoms with van der Waals surface area (Å²) in [5, 5.41) is 2.78. The maximum absolute atomic E-state index is 11.7. The Morgan fingerprint density at radius 3 is 2.50 bits per heavy atom. The number of nitrogens with two attached hydrogens (primary N) is 1. The fourth-order valence-corrected chi connectivity index (χ4v) is 1.45. The van der Waals surface area contributed by atoms with Gasteiger partial charge in [0.2, 0.25) is 0 Å². The largest absolute Gasteiger partial charge is 0.449 e. The van der Waals surface area contributed by atoms with Crippen LogP contribution in [0.1, 0.15) is 30.1 Å². The second-order valence-electron chi connectivity index (χ2n) is 4.45. The lowest BCUT2D eigenvalue weighted by atomic mass is 10.2. The van der Waals surface area contributed by atoms with Crippen molar-refractivity contribution in [3.63, 3.8) is 0 Å². The molecule has 0 aliphatic heterocycles. The summed E-state index contributed by atoms with van der Waals surface area (Å²) in [4.78, 5) is 23.3. The molecule has 0 heterocycles. The van der Waals surface area contributed by atoms with Gasteiger partial charge in [-0.25, -0.2) is 4.79 Å². The first kappa shape index (κ1) is 12.4. The third-order valence-electron chi connectivity index (χ3n) is 2.72. The van der Waals surface area contributed by atoms with E-state index in [9.17, 15) is 9.59 Å². The molecule has 1 atom stereocenters. The molecule has 1 aromatic carbocycles. The van der Waals surface area contributed by atoms with Crippen LogP contribution < -0.4 is 11.1 Å². The van der Waals surface area contributed by atoms with Crippen molar-refractivity contribution in [2.24, 2.45) is 0 Å². The Kier molecular flexibility index (Phi) is 3.50. The van der Waals surface area contributed by atoms with Crippen molar-refractivity contribution in [3.8, 4) is 0 Å². The van der Waals surface area contributed by atoms with E-state index in [4.69, 9.17) is 10.5 Å². The van der Waals surface area contributed by atoms with Gasteiger partial charge in [-0.05, 0) is 44.0 Å². The summed E-state index contributed by atoms with van der Waals surface area (Å²) in [6.07, 6.45) is 1.23. The molecule has 0 saturated heterocycles. The lowest BCUT2D eigenvalue weighted by Crippen LogP contribution is -2.37. The maximum Gasteiger partial charge on any atom is 0.338 e. The molecule has 5 nitrogen and oxygen atoms in total. The number of carbonyl (C=O) groups excluding carboxylic acids is 2. The van der Waals surface area contributed by atoms with Crippen molar-refractivity contribution in [2.75, 3.05) is 5.73 Å². The molecule has 0 bridgehead atoms. The fraction of sp³-hybridized carbons (Fsp3) is 0.385. The number of nitrogens with one attached hydrogen (secondary N) is 1. The molecular formula is C13H16N2O3. The molecule has 2 rings (SSSR count). The molecule has 1 saturated carbocycles. The number of hydrogen-bond donors (Lipinski definition) is 2. The van der Waals surface area contributed by atoms with Crippen LogP contribution in [0, 0.1) is 0 Å². The number of carbonyl (C=O) groups is 2. The Bertz CT molecular complexity index is 452. The SMILES string of the molecule is CC(OC(=O)c1ccc(N)cc1)C(=O)NC1CC1. The van der Waals surface area contributed by atoms with E-state index in [-0.39, 0.29) is 11.9 Å². The van der Waals surface area contributed by atoms with Gasteiger partial charge in [0, 0.05) is 11.7 Å². The molecule has 0 aromatic heterocycles. The first-order chi connectivity index (χ1) is 8.56. The number of hydrogen-bond acceptors (Lipinski definition) is 4. The zero-order valence-corrected chi connectivity index (χ0v) is 10.2. The first-order valence-electron chi connectivity index (χ1n) is 5.93. The molecular weight excluding hydrogens is 232 g/mol. The summed E-state index contributed by atoms with van der Waals surface area (Å²) in [7, 11) is 0. The Morgan fingerprint density at radius 1 is 1.33 bits per heavy atom. The zero-order chi connectivity index (χ0) is 13.1. The van der Waals surface area contributed by atoms with Crippen LogP contribution in [0.4, 0.5) is 5.69 Å². The quantitative estimate of drug-likeness (QED) is 0.617. The summed E-state index contributed by atoms with van der Waals surface area (Å²) in [5.74, 6) is -0.769. The van der Waals surface area contributed by atoms with Crippen molar-refractivity contribution in [2.45, 2.75) is 31.9 Å². The van der Waals surface area contributed by atoms with Gasteiger partial charge in [-0.1, -0.05) is 0 Å². The van der Waals surface area contributed by atoms with Crippen LogP contribution in [0.15, 0.2) is 24.3 Å². The third-order valence-corrected chi connectivity index (χ3v) is 2.72. The molecule has 96 valence electrons. The van der Waals surface area contributed by atoms with Crippen LogP contribution >= 0.6 is 0 Å². The van der Waals surface area contributed by atoms with Crippen LogP contribution in [0.3, 0.4) is 0 Å². The van der Waals surface area contributed by atoms with Crippen LogP contribution in [-0.2, 0) is 9.53 Å². The highest BCUT2D eigenvalue weighted by molar-refractivity contribution is 5.92. The maximum atomic E-state index is 11.7. The van der Waals surface area contributed by atoms with E-state index in [0.29, 0.717) is 11.3 Å². The normalized spacial score (nSPS) is 15.8. The van der Waals surface area contributed by atoms with Gasteiger partial charge in [-0.2, -0.15) is 0 Å². The van der Waals surface area contributed by atoms with Crippen molar-refractivity contribution >= 4 is 17.6 Å². The molecule has 0 spiro atoms. The van der Waals surface area contributed by atoms with E-state index >= 15 is 0 Å². The molecule has 1 unspecified atom stereocenters. The lowest BCUT2D eigenvalue weighted by Gasteiger charge is -2.13. The molecule has 1 aliphatic rings. The predicted molar refractivity (Wildman–Crippen MR) is 66.9 cm³/mol. The van der Waals surface area contributed by atoms with E-state index in [1.54, 1.807) is 31.2 Å². The number of amides is 1. The predicted octanol–water partition coefficient (Wildman–Crippen LogP) is 1.09. The van der Waals surface area contributed by atoms with Crippen molar-refractivity contribution in [1.82, 2.24) is 5.32 Å². The minimum absolute atomic E-state index is 0.249. The molecule has 1 aromatic rings. The number of benzene rings is 1. The van der Waals surface area contributed by atoms with Crippen LogP contribution in [-0.4, -0.2) is 24.0 Å². The van der Waals surface area contributed by atoms with Crippen molar-refractivity contribution < 1.29 is 14.3 Å². The second-order valence-corrected chi connectivity index (χ2v) is 4.45. The van der Waals surface area contributed by atoms with Gasteiger partial charge in [0.25, 0.3) is 5.91 Å². The minimum Gasteiger partial charge on any atom is -0.449 e. The summed E-state index contributed by atoms with van der Waals surface area (Å²) in [6.45, 7) is 1.56. The van der Waals surface area contributed by atoms with E-state index in [2.05, 4.69) is 5.32 Å². The fourth-order valence-electron chi connectivity index (χ4n) is 1.45. The van der Waals surface area contributed by atoms with Gasteiger partial charge < -0.3 is 15.8 Å². The van der Waals surface area contributed by atoms with E-state index in [0.717, 1.165) is 12.8 Å². The van der Waals surface area contributed by atoms with E-state index in [1.807, 2.05) is 0 Å². The number of nitrogen functional groups attached to an aromatic ring is 1. The standard InChI is InChI=1S/C13H16N2O3/c1-8(12(16)15-11-6-7-11)18-13(17)9-2-4-10(14)5-3-9/h2-5,8,11H,6-7,14H2,1H3,(H,15,16). The highest BCUT2D eigenvalue weighted by Gasteiger charge is 2.27. The molecule has 18 heavy (non-hydrogen) atoms. The lowest BCUT2D eigenvalue weighted by molar-refractivity contribution is -0.129. The molecule has 3 N–H and O–H groups in total. The molecule has 0 radical (unpaired) electrons. The molecule has 1 aliphatic carbocycles. The second kappa shape index (κ2) is 5.08. The Hall–Kier alpha value is -2.04. The highest BCUT2D eigenvalue weighted by atomic mass is 16.5. The van der Waals surface area contributed by atoms with Gasteiger partial charge in [0.1, 0.15) is 0 Å². The van der Waals surface area contributed by atoms with Gasteiger partial charge >= 0.3 is 5.97 Å². The average molecular weight is 248 g/mol.